The normalized spacial score (nSPS) is 10.9. The zero-order valence-electron chi connectivity index (χ0n) is 16.9. The highest BCUT2D eigenvalue weighted by Crippen LogP contribution is 2.34. The van der Waals surface area contributed by atoms with E-state index in [9.17, 15) is 13.6 Å². The Bertz CT molecular complexity index is 1040. The molecule has 0 radical (unpaired) electrons. The van der Waals surface area contributed by atoms with Gasteiger partial charge in [0.2, 0.25) is 0 Å². The number of carbonyl (C=O) groups is 1. The summed E-state index contributed by atoms with van der Waals surface area (Å²) in [5, 5.41) is 5.21. The van der Waals surface area contributed by atoms with Crippen molar-refractivity contribution in [2.45, 2.75) is 20.5 Å². The molecule has 0 fully saturated rings. The zero-order chi connectivity index (χ0) is 21.7. The maximum Gasteiger partial charge on any atom is 0.270 e. The number of methoxy groups -OCH3 is 1. The second kappa shape index (κ2) is 9.67. The molecule has 2 aromatic carbocycles. The minimum Gasteiger partial charge on any atom is -0.493 e. The Kier molecular flexibility index (Phi) is 6.99. The summed E-state index contributed by atoms with van der Waals surface area (Å²) in [6.07, 6.45) is 0. The van der Waals surface area contributed by atoms with Crippen LogP contribution >= 0.6 is 11.3 Å². The van der Waals surface area contributed by atoms with Crippen molar-refractivity contribution >= 4 is 17.2 Å². The van der Waals surface area contributed by atoms with Crippen LogP contribution < -0.4 is 14.8 Å². The van der Waals surface area contributed by atoms with Crippen molar-refractivity contribution in [2.75, 3.05) is 13.7 Å². The molecule has 1 aromatic heterocycles. The highest BCUT2D eigenvalue weighted by molar-refractivity contribution is 7.13. The van der Waals surface area contributed by atoms with Gasteiger partial charge in [-0.3, -0.25) is 4.79 Å². The molecule has 0 bridgehead atoms. The van der Waals surface area contributed by atoms with Crippen molar-refractivity contribution in [1.82, 2.24) is 10.3 Å². The number of carbonyl (C=O) groups excluding carboxylic acids is 1. The van der Waals surface area contributed by atoms with Crippen molar-refractivity contribution in [3.8, 4) is 22.1 Å². The van der Waals surface area contributed by atoms with Crippen molar-refractivity contribution in [1.29, 1.82) is 0 Å². The van der Waals surface area contributed by atoms with Crippen molar-refractivity contribution < 1.29 is 23.0 Å². The predicted octanol–water partition coefficient (Wildman–Crippen LogP) is 5.06. The van der Waals surface area contributed by atoms with E-state index in [1.807, 2.05) is 13.8 Å². The SMILES string of the molecule is COc1cc(-c2nc(C(=O)NCC(C)C)cs2)ccc1OCc1ccc(F)cc1F. The number of ether oxygens (including phenoxy) is 2. The molecular weight excluding hydrogens is 410 g/mol. The number of rotatable bonds is 8. The van der Waals surface area contributed by atoms with Gasteiger partial charge in [0.1, 0.15) is 28.9 Å². The summed E-state index contributed by atoms with van der Waals surface area (Å²) in [5.74, 6) is -0.310. The number of halogens is 2. The van der Waals surface area contributed by atoms with E-state index in [2.05, 4.69) is 10.3 Å². The van der Waals surface area contributed by atoms with Gasteiger partial charge in [0.15, 0.2) is 11.5 Å². The quantitative estimate of drug-likeness (QED) is 0.540. The second-order valence-corrected chi connectivity index (χ2v) is 7.89. The van der Waals surface area contributed by atoms with Gasteiger partial charge >= 0.3 is 0 Å². The average molecular weight is 432 g/mol. The number of nitrogens with one attached hydrogen (secondary N) is 1. The van der Waals surface area contributed by atoms with Crippen molar-refractivity contribution in [3.63, 3.8) is 0 Å². The van der Waals surface area contributed by atoms with E-state index >= 15 is 0 Å². The number of hydrogen-bond acceptors (Lipinski definition) is 5. The second-order valence-electron chi connectivity index (χ2n) is 7.03. The van der Waals surface area contributed by atoms with Crippen LogP contribution in [-0.4, -0.2) is 24.5 Å². The Morgan fingerprint density at radius 3 is 2.67 bits per heavy atom. The fourth-order valence-corrected chi connectivity index (χ4v) is 3.41. The molecule has 1 N–H and O–H groups in total. The van der Waals surface area contributed by atoms with E-state index in [4.69, 9.17) is 9.47 Å². The van der Waals surface area contributed by atoms with E-state index in [1.165, 1.54) is 30.6 Å². The molecule has 0 aliphatic rings. The first kappa shape index (κ1) is 21.7. The van der Waals surface area contributed by atoms with Gasteiger partial charge in [0.25, 0.3) is 5.91 Å². The molecule has 0 atom stereocenters. The maximum absolute atomic E-state index is 13.8. The Morgan fingerprint density at radius 2 is 1.97 bits per heavy atom. The Labute approximate surface area is 177 Å². The summed E-state index contributed by atoms with van der Waals surface area (Å²) >= 11 is 1.35. The number of nitrogens with zero attached hydrogens (tertiary/aromatic N) is 1. The third-order valence-corrected chi connectivity index (χ3v) is 5.11. The van der Waals surface area contributed by atoms with E-state index in [0.29, 0.717) is 34.7 Å². The minimum absolute atomic E-state index is 0.0702. The van der Waals surface area contributed by atoms with Crippen LogP contribution in [0.2, 0.25) is 0 Å². The molecule has 3 aromatic rings. The van der Waals surface area contributed by atoms with Crippen LogP contribution in [0.3, 0.4) is 0 Å². The summed E-state index contributed by atoms with van der Waals surface area (Å²) in [5.41, 5.74) is 1.36. The van der Waals surface area contributed by atoms with Gasteiger partial charge in [-0.2, -0.15) is 0 Å². The molecule has 158 valence electrons. The van der Waals surface area contributed by atoms with Gasteiger partial charge in [-0.25, -0.2) is 13.8 Å². The molecule has 5 nitrogen and oxygen atoms in total. The number of amides is 1. The van der Waals surface area contributed by atoms with Crippen LogP contribution in [0.4, 0.5) is 8.78 Å². The number of benzene rings is 2. The summed E-state index contributed by atoms with van der Waals surface area (Å²) in [6.45, 7) is 4.56. The van der Waals surface area contributed by atoms with Crippen LogP contribution in [0.1, 0.15) is 29.9 Å². The number of aromatic nitrogens is 1. The molecule has 0 saturated carbocycles. The molecule has 0 spiro atoms. The Hall–Kier alpha value is -3.00. The van der Waals surface area contributed by atoms with Gasteiger partial charge in [-0.15, -0.1) is 11.3 Å². The van der Waals surface area contributed by atoms with Gasteiger partial charge in [-0.1, -0.05) is 13.8 Å². The van der Waals surface area contributed by atoms with Crippen LogP contribution in [0.25, 0.3) is 10.6 Å². The maximum atomic E-state index is 13.8. The lowest BCUT2D eigenvalue weighted by atomic mass is 10.2. The van der Waals surface area contributed by atoms with Crippen molar-refractivity contribution in [3.05, 3.63) is 64.7 Å². The molecule has 30 heavy (non-hydrogen) atoms. The molecule has 8 heteroatoms. The first-order chi connectivity index (χ1) is 14.4. The standard InChI is InChI=1S/C22H22F2N2O3S/c1-13(2)10-25-21(27)18-12-30-22(26-18)14-5-7-19(20(8-14)28-3)29-11-15-4-6-16(23)9-17(15)24/h4-9,12-13H,10-11H2,1-3H3,(H,25,27). The fraction of sp³-hybridized carbons (Fsp3) is 0.273. The molecule has 3 rings (SSSR count). The Balaban J connectivity index is 1.73. The lowest BCUT2D eigenvalue weighted by Gasteiger charge is -2.12. The number of thiazole rings is 1. The van der Waals surface area contributed by atoms with Crippen LogP contribution in [0, 0.1) is 17.6 Å². The molecule has 1 heterocycles. The summed E-state index contributed by atoms with van der Waals surface area (Å²) < 4.78 is 37.9. The molecule has 0 aliphatic carbocycles. The van der Waals surface area contributed by atoms with Gasteiger partial charge in [0, 0.05) is 29.1 Å². The predicted molar refractivity (Wildman–Crippen MR) is 112 cm³/mol. The molecule has 0 saturated heterocycles. The first-order valence-corrected chi connectivity index (χ1v) is 10.2. The largest absolute Gasteiger partial charge is 0.493 e. The van der Waals surface area contributed by atoms with Gasteiger partial charge in [0.05, 0.1) is 7.11 Å². The third kappa shape index (κ3) is 5.33. The molecule has 0 unspecified atom stereocenters. The van der Waals surface area contributed by atoms with E-state index in [-0.39, 0.29) is 18.1 Å². The Morgan fingerprint density at radius 1 is 1.17 bits per heavy atom. The molecular formula is C22H22F2N2O3S. The van der Waals surface area contributed by atoms with E-state index < -0.39 is 11.6 Å². The smallest absolute Gasteiger partial charge is 0.270 e. The van der Waals surface area contributed by atoms with Crippen LogP contribution in [0.15, 0.2) is 41.8 Å². The summed E-state index contributed by atoms with van der Waals surface area (Å²) in [7, 11) is 1.50. The average Bonchev–Trinajstić information content (AvgIpc) is 3.21. The highest BCUT2D eigenvalue weighted by atomic mass is 32.1. The van der Waals surface area contributed by atoms with Gasteiger partial charge in [-0.05, 0) is 36.2 Å². The van der Waals surface area contributed by atoms with E-state index in [1.54, 1.807) is 23.6 Å². The monoisotopic (exact) mass is 432 g/mol. The summed E-state index contributed by atoms with van der Waals surface area (Å²) in [6, 6.07) is 8.55. The lowest BCUT2D eigenvalue weighted by molar-refractivity contribution is 0.0945. The first-order valence-electron chi connectivity index (χ1n) is 9.36. The third-order valence-electron chi connectivity index (χ3n) is 4.22. The highest BCUT2D eigenvalue weighted by Gasteiger charge is 2.14. The van der Waals surface area contributed by atoms with Crippen LogP contribution in [0.5, 0.6) is 11.5 Å². The topological polar surface area (TPSA) is 60.5 Å². The van der Waals surface area contributed by atoms with Crippen molar-refractivity contribution in [2.24, 2.45) is 5.92 Å². The van der Waals surface area contributed by atoms with Gasteiger partial charge < -0.3 is 14.8 Å². The summed E-state index contributed by atoms with van der Waals surface area (Å²) in [4.78, 5) is 16.6. The molecule has 0 aliphatic heterocycles. The zero-order valence-corrected chi connectivity index (χ0v) is 17.7. The minimum atomic E-state index is -0.670. The number of hydrogen-bond donors (Lipinski definition) is 1. The van der Waals surface area contributed by atoms with E-state index in [0.717, 1.165) is 11.6 Å². The molecule has 1 amide bonds. The fourth-order valence-electron chi connectivity index (χ4n) is 2.61. The lowest BCUT2D eigenvalue weighted by Crippen LogP contribution is -2.27. The van der Waals surface area contributed by atoms with Crippen LogP contribution in [-0.2, 0) is 6.61 Å².